The second-order valence-corrected chi connectivity index (χ2v) is 4.71. The van der Waals surface area contributed by atoms with Crippen LogP contribution < -0.4 is 11.2 Å². The van der Waals surface area contributed by atoms with Gasteiger partial charge in [0.15, 0.2) is 0 Å². The molecule has 3 N–H and O–H groups in total. The van der Waals surface area contributed by atoms with Crippen molar-refractivity contribution in [2.45, 2.75) is 6.92 Å². The number of amides is 1. The maximum absolute atomic E-state index is 11.9. The molecular formula is C15H14ClN3O. The Kier molecular flexibility index (Phi) is 4.38. The predicted molar refractivity (Wildman–Crippen MR) is 82.0 cm³/mol. The number of nitrogens with zero attached hydrogens (tertiary/aromatic N) is 1. The number of benzene rings is 2. The van der Waals surface area contributed by atoms with Crippen molar-refractivity contribution >= 4 is 28.9 Å². The summed E-state index contributed by atoms with van der Waals surface area (Å²) >= 11 is 5.84. The van der Waals surface area contributed by atoms with E-state index >= 15 is 0 Å². The highest BCUT2D eigenvalue weighted by Gasteiger charge is 2.05. The third kappa shape index (κ3) is 3.59. The topological polar surface area (TPSA) is 67.5 Å². The van der Waals surface area contributed by atoms with Gasteiger partial charge in [-0.2, -0.15) is 5.10 Å². The van der Waals surface area contributed by atoms with E-state index in [0.29, 0.717) is 22.0 Å². The first-order valence-corrected chi connectivity index (χ1v) is 6.40. The van der Waals surface area contributed by atoms with Gasteiger partial charge in [-0.15, -0.1) is 0 Å². The largest absolute Gasteiger partial charge is 0.399 e. The molecule has 0 saturated carbocycles. The number of hydrogen-bond acceptors (Lipinski definition) is 3. The summed E-state index contributed by atoms with van der Waals surface area (Å²) < 4.78 is 0. The van der Waals surface area contributed by atoms with Crippen LogP contribution in [0.5, 0.6) is 0 Å². The molecule has 0 heterocycles. The molecule has 4 nitrogen and oxygen atoms in total. The first-order valence-electron chi connectivity index (χ1n) is 6.02. The van der Waals surface area contributed by atoms with Crippen molar-refractivity contribution in [1.82, 2.24) is 5.43 Å². The molecule has 0 aromatic heterocycles. The van der Waals surface area contributed by atoms with Gasteiger partial charge in [-0.05, 0) is 42.8 Å². The third-order valence-electron chi connectivity index (χ3n) is 2.72. The fraction of sp³-hybridized carbons (Fsp3) is 0.0667. The van der Waals surface area contributed by atoms with E-state index in [1.807, 2.05) is 12.1 Å². The second-order valence-electron chi connectivity index (χ2n) is 4.27. The van der Waals surface area contributed by atoms with Gasteiger partial charge in [-0.25, -0.2) is 5.43 Å². The molecule has 0 aliphatic rings. The molecule has 0 radical (unpaired) electrons. The normalized spacial score (nSPS) is 11.2. The smallest absolute Gasteiger partial charge is 0.271 e. The van der Waals surface area contributed by atoms with Gasteiger partial charge in [-0.3, -0.25) is 4.79 Å². The fourth-order valence-electron chi connectivity index (χ4n) is 1.66. The van der Waals surface area contributed by atoms with Crippen LogP contribution >= 0.6 is 11.6 Å². The average molecular weight is 288 g/mol. The van der Waals surface area contributed by atoms with E-state index in [1.165, 1.54) is 0 Å². The minimum Gasteiger partial charge on any atom is -0.399 e. The van der Waals surface area contributed by atoms with Crippen LogP contribution in [0.4, 0.5) is 5.69 Å². The molecule has 1 amide bonds. The van der Waals surface area contributed by atoms with Crippen molar-refractivity contribution in [3.63, 3.8) is 0 Å². The number of carbonyl (C=O) groups is 1. The molecule has 102 valence electrons. The highest BCUT2D eigenvalue weighted by Crippen LogP contribution is 2.11. The zero-order chi connectivity index (χ0) is 14.5. The van der Waals surface area contributed by atoms with Crippen LogP contribution in [0.3, 0.4) is 0 Å². The summed E-state index contributed by atoms with van der Waals surface area (Å²) in [6, 6.07) is 14.0. The molecule has 0 fully saturated rings. The van der Waals surface area contributed by atoms with E-state index in [4.69, 9.17) is 17.3 Å². The number of rotatable bonds is 3. The molecule has 0 spiro atoms. The van der Waals surface area contributed by atoms with Crippen LogP contribution in [0.2, 0.25) is 5.02 Å². The number of hydrogen-bond donors (Lipinski definition) is 2. The second kappa shape index (κ2) is 6.21. The quantitative estimate of drug-likeness (QED) is 0.517. The first-order chi connectivity index (χ1) is 9.56. The number of halogens is 1. The van der Waals surface area contributed by atoms with E-state index in [1.54, 1.807) is 43.3 Å². The van der Waals surface area contributed by atoms with Gasteiger partial charge in [0.1, 0.15) is 0 Å². The Morgan fingerprint density at radius 3 is 2.55 bits per heavy atom. The monoisotopic (exact) mass is 287 g/mol. The summed E-state index contributed by atoms with van der Waals surface area (Å²) in [4.78, 5) is 11.9. The van der Waals surface area contributed by atoms with E-state index in [-0.39, 0.29) is 5.91 Å². The van der Waals surface area contributed by atoms with Crippen LogP contribution in [0.15, 0.2) is 53.6 Å². The Morgan fingerprint density at radius 2 is 1.85 bits per heavy atom. The molecule has 0 bridgehead atoms. The molecular weight excluding hydrogens is 274 g/mol. The molecule has 0 atom stereocenters. The SMILES string of the molecule is CC(=NNC(=O)c1cccc(Cl)c1)c1cccc(N)c1. The van der Waals surface area contributed by atoms with Crippen molar-refractivity contribution in [2.24, 2.45) is 5.10 Å². The molecule has 2 aromatic rings. The number of nitrogens with one attached hydrogen (secondary N) is 1. The van der Waals surface area contributed by atoms with Gasteiger partial charge >= 0.3 is 0 Å². The summed E-state index contributed by atoms with van der Waals surface area (Å²) in [7, 11) is 0. The molecule has 5 heteroatoms. The lowest BCUT2D eigenvalue weighted by atomic mass is 10.1. The summed E-state index contributed by atoms with van der Waals surface area (Å²) in [6.07, 6.45) is 0. The number of hydrazone groups is 1. The average Bonchev–Trinajstić information content (AvgIpc) is 2.44. The van der Waals surface area contributed by atoms with E-state index < -0.39 is 0 Å². The van der Waals surface area contributed by atoms with Gasteiger partial charge in [-0.1, -0.05) is 29.8 Å². The molecule has 0 unspecified atom stereocenters. The van der Waals surface area contributed by atoms with Crippen molar-refractivity contribution < 1.29 is 4.79 Å². The van der Waals surface area contributed by atoms with Crippen molar-refractivity contribution in [3.05, 3.63) is 64.7 Å². The maximum atomic E-state index is 11.9. The Labute approximate surface area is 122 Å². The van der Waals surface area contributed by atoms with E-state index in [0.717, 1.165) is 5.56 Å². The van der Waals surface area contributed by atoms with Crippen LogP contribution in [0.25, 0.3) is 0 Å². The zero-order valence-corrected chi connectivity index (χ0v) is 11.7. The minimum atomic E-state index is -0.309. The highest BCUT2D eigenvalue weighted by molar-refractivity contribution is 6.30. The van der Waals surface area contributed by atoms with Gasteiger partial charge < -0.3 is 5.73 Å². The van der Waals surface area contributed by atoms with E-state index in [2.05, 4.69) is 10.5 Å². The van der Waals surface area contributed by atoms with Gasteiger partial charge in [0, 0.05) is 16.3 Å². The lowest BCUT2D eigenvalue weighted by Crippen LogP contribution is -2.19. The highest BCUT2D eigenvalue weighted by atomic mass is 35.5. The molecule has 0 saturated heterocycles. The number of anilines is 1. The molecule has 0 aliphatic heterocycles. The Bertz CT molecular complexity index is 668. The van der Waals surface area contributed by atoms with Gasteiger partial charge in [0.2, 0.25) is 0 Å². The third-order valence-corrected chi connectivity index (χ3v) is 2.95. The van der Waals surface area contributed by atoms with Crippen molar-refractivity contribution in [3.8, 4) is 0 Å². The lowest BCUT2D eigenvalue weighted by Gasteiger charge is -2.04. The van der Waals surface area contributed by atoms with Crippen LogP contribution in [-0.4, -0.2) is 11.6 Å². The summed E-state index contributed by atoms with van der Waals surface area (Å²) in [5.74, 6) is -0.309. The van der Waals surface area contributed by atoms with E-state index in [9.17, 15) is 4.79 Å². The van der Waals surface area contributed by atoms with Gasteiger partial charge in [0.25, 0.3) is 5.91 Å². The zero-order valence-electron chi connectivity index (χ0n) is 10.9. The summed E-state index contributed by atoms with van der Waals surface area (Å²) in [5, 5.41) is 4.57. The van der Waals surface area contributed by atoms with Crippen molar-refractivity contribution in [2.75, 3.05) is 5.73 Å². The Morgan fingerprint density at radius 1 is 1.15 bits per heavy atom. The maximum Gasteiger partial charge on any atom is 0.271 e. The first kappa shape index (κ1) is 14.1. The number of carbonyl (C=O) groups excluding carboxylic acids is 1. The number of nitrogens with two attached hydrogens (primary N) is 1. The summed E-state index contributed by atoms with van der Waals surface area (Å²) in [6.45, 7) is 1.80. The molecule has 2 aromatic carbocycles. The van der Waals surface area contributed by atoms with Crippen LogP contribution in [-0.2, 0) is 0 Å². The summed E-state index contributed by atoms with van der Waals surface area (Å²) in [5.41, 5.74) is 10.8. The lowest BCUT2D eigenvalue weighted by molar-refractivity contribution is 0.0955. The van der Waals surface area contributed by atoms with Crippen molar-refractivity contribution in [1.29, 1.82) is 0 Å². The Hall–Kier alpha value is -2.33. The van der Waals surface area contributed by atoms with Gasteiger partial charge in [0.05, 0.1) is 5.71 Å². The molecule has 2 rings (SSSR count). The standard InChI is InChI=1S/C15H14ClN3O/c1-10(11-4-3-7-14(17)9-11)18-19-15(20)12-5-2-6-13(16)8-12/h2-9H,17H2,1H3,(H,19,20). The van der Waals surface area contributed by atoms with Crippen LogP contribution in [0.1, 0.15) is 22.8 Å². The number of nitrogen functional groups attached to an aromatic ring is 1. The fourth-order valence-corrected chi connectivity index (χ4v) is 1.85. The molecule has 20 heavy (non-hydrogen) atoms. The Balaban J connectivity index is 2.11. The molecule has 0 aliphatic carbocycles. The van der Waals surface area contributed by atoms with Crippen LogP contribution in [0, 0.1) is 0 Å². The minimum absolute atomic E-state index is 0.309. The predicted octanol–water partition coefficient (Wildman–Crippen LogP) is 3.08.